The predicted molar refractivity (Wildman–Crippen MR) is 75.8 cm³/mol. The highest BCUT2D eigenvalue weighted by Crippen LogP contribution is 2.49. The van der Waals surface area contributed by atoms with Gasteiger partial charge in [0.15, 0.2) is 0 Å². The van der Waals surface area contributed by atoms with Gasteiger partial charge in [-0.3, -0.25) is 0 Å². The lowest BCUT2D eigenvalue weighted by molar-refractivity contribution is 0.304. The van der Waals surface area contributed by atoms with Gasteiger partial charge in [-0.05, 0) is 56.1 Å². The molecule has 1 aromatic heterocycles. The second-order valence-electron chi connectivity index (χ2n) is 5.93. The fraction of sp³-hybridized carbons (Fsp3) is 0.667. The Morgan fingerprint density at radius 3 is 2.72 bits per heavy atom. The zero-order valence-electron chi connectivity index (χ0n) is 11.3. The number of hydrogen-bond donors (Lipinski definition) is 2. The smallest absolute Gasteiger partial charge is 0.128 e. The molecule has 0 aliphatic heterocycles. The number of aromatic nitrogens is 1. The minimum Gasteiger partial charge on any atom is -0.373 e. The zero-order valence-corrected chi connectivity index (χ0v) is 11.3. The van der Waals surface area contributed by atoms with Crippen LogP contribution in [0.15, 0.2) is 18.2 Å². The van der Waals surface area contributed by atoms with Gasteiger partial charge in [0.2, 0.25) is 0 Å². The molecule has 2 saturated carbocycles. The molecule has 2 N–H and O–H groups in total. The molecule has 4 atom stereocenters. The van der Waals surface area contributed by atoms with Crippen LogP contribution in [0.3, 0.4) is 0 Å². The third kappa shape index (κ3) is 2.18. The second-order valence-corrected chi connectivity index (χ2v) is 5.93. The third-order valence-electron chi connectivity index (χ3n) is 4.82. The Balaban J connectivity index is 1.65. The molecule has 0 radical (unpaired) electrons. The minimum atomic E-state index is 0.542. The van der Waals surface area contributed by atoms with Crippen LogP contribution in [-0.4, -0.2) is 18.1 Å². The van der Waals surface area contributed by atoms with Crippen LogP contribution in [0.2, 0.25) is 0 Å². The molecule has 1 heterocycles. The number of nitrogens with one attached hydrogen (secondary N) is 2. The number of fused-ring (bicyclic) bond motifs is 2. The number of rotatable bonds is 4. The molecule has 18 heavy (non-hydrogen) atoms. The van der Waals surface area contributed by atoms with Gasteiger partial charge in [0, 0.05) is 13.1 Å². The van der Waals surface area contributed by atoms with E-state index in [1.54, 1.807) is 0 Å². The van der Waals surface area contributed by atoms with Gasteiger partial charge in [0.05, 0.1) is 0 Å². The lowest BCUT2D eigenvalue weighted by Gasteiger charge is -2.29. The summed E-state index contributed by atoms with van der Waals surface area (Å²) >= 11 is 0. The SMILES string of the molecule is CNc1cccc(NC(C)C2CC3CCC2C3)n1. The van der Waals surface area contributed by atoms with Gasteiger partial charge in [-0.25, -0.2) is 4.98 Å². The number of hydrogen-bond acceptors (Lipinski definition) is 3. The van der Waals surface area contributed by atoms with Crippen molar-refractivity contribution in [3.63, 3.8) is 0 Å². The highest BCUT2D eigenvalue weighted by atomic mass is 15.1. The van der Waals surface area contributed by atoms with Crippen molar-refractivity contribution in [2.45, 2.75) is 38.6 Å². The van der Waals surface area contributed by atoms with Gasteiger partial charge in [-0.1, -0.05) is 12.5 Å². The number of anilines is 2. The van der Waals surface area contributed by atoms with Crippen LogP contribution in [-0.2, 0) is 0 Å². The molecule has 1 aromatic rings. The van der Waals surface area contributed by atoms with Gasteiger partial charge < -0.3 is 10.6 Å². The monoisotopic (exact) mass is 245 g/mol. The van der Waals surface area contributed by atoms with Gasteiger partial charge in [0.25, 0.3) is 0 Å². The van der Waals surface area contributed by atoms with E-state index >= 15 is 0 Å². The van der Waals surface area contributed by atoms with E-state index in [0.717, 1.165) is 29.4 Å². The Labute approximate surface area is 109 Å². The summed E-state index contributed by atoms with van der Waals surface area (Å²) in [5, 5.41) is 6.68. The third-order valence-corrected chi connectivity index (χ3v) is 4.82. The maximum Gasteiger partial charge on any atom is 0.128 e. The first-order valence-electron chi connectivity index (χ1n) is 7.17. The highest BCUT2D eigenvalue weighted by Gasteiger charge is 2.41. The molecule has 3 nitrogen and oxygen atoms in total. The lowest BCUT2D eigenvalue weighted by Crippen LogP contribution is -2.30. The zero-order chi connectivity index (χ0) is 12.5. The van der Waals surface area contributed by atoms with E-state index in [2.05, 4.69) is 34.7 Å². The van der Waals surface area contributed by atoms with Crippen molar-refractivity contribution in [3.8, 4) is 0 Å². The van der Waals surface area contributed by atoms with Crippen LogP contribution in [0.5, 0.6) is 0 Å². The molecule has 98 valence electrons. The van der Waals surface area contributed by atoms with Crippen molar-refractivity contribution in [3.05, 3.63) is 18.2 Å². The first kappa shape index (κ1) is 11.8. The van der Waals surface area contributed by atoms with E-state index in [4.69, 9.17) is 0 Å². The van der Waals surface area contributed by atoms with Crippen LogP contribution >= 0.6 is 0 Å². The van der Waals surface area contributed by atoms with Crippen molar-refractivity contribution in [2.75, 3.05) is 17.7 Å². The molecule has 3 heteroatoms. The van der Waals surface area contributed by atoms with E-state index in [9.17, 15) is 0 Å². The largest absolute Gasteiger partial charge is 0.373 e. The Bertz CT molecular complexity index is 418. The van der Waals surface area contributed by atoms with Gasteiger partial charge in [-0.2, -0.15) is 0 Å². The molecule has 0 aromatic carbocycles. The van der Waals surface area contributed by atoms with E-state index in [-0.39, 0.29) is 0 Å². The molecule has 2 aliphatic rings. The normalized spacial score (nSPS) is 31.3. The molecule has 0 amide bonds. The predicted octanol–water partition coefficient (Wildman–Crippen LogP) is 3.36. The molecule has 2 aliphatic carbocycles. The van der Waals surface area contributed by atoms with E-state index in [1.807, 2.05) is 13.1 Å². The maximum absolute atomic E-state index is 4.54. The molecule has 3 rings (SSSR count). The highest BCUT2D eigenvalue weighted by molar-refractivity contribution is 5.45. The number of nitrogens with zero attached hydrogens (tertiary/aromatic N) is 1. The minimum absolute atomic E-state index is 0.542. The Morgan fingerprint density at radius 2 is 2.06 bits per heavy atom. The van der Waals surface area contributed by atoms with Crippen LogP contribution in [0.4, 0.5) is 11.6 Å². The van der Waals surface area contributed by atoms with E-state index in [1.165, 1.54) is 25.7 Å². The Kier molecular flexibility index (Phi) is 3.14. The van der Waals surface area contributed by atoms with Crippen molar-refractivity contribution < 1.29 is 0 Å². The lowest BCUT2D eigenvalue weighted by atomic mass is 9.84. The average Bonchev–Trinajstić information content (AvgIpc) is 3.01. The molecule has 2 bridgehead atoms. The average molecular weight is 245 g/mol. The first-order chi connectivity index (χ1) is 8.76. The molecule has 4 unspecified atom stereocenters. The van der Waals surface area contributed by atoms with E-state index < -0.39 is 0 Å². The summed E-state index contributed by atoms with van der Waals surface area (Å²) in [7, 11) is 1.91. The fourth-order valence-corrected chi connectivity index (χ4v) is 3.90. The summed E-state index contributed by atoms with van der Waals surface area (Å²) in [6.07, 6.45) is 5.82. The van der Waals surface area contributed by atoms with Crippen molar-refractivity contribution in [2.24, 2.45) is 17.8 Å². The Morgan fingerprint density at radius 1 is 1.22 bits per heavy atom. The van der Waals surface area contributed by atoms with Gasteiger partial charge >= 0.3 is 0 Å². The van der Waals surface area contributed by atoms with E-state index in [0.29, 0.717) is 6.04 Å². The summed E-state index contributed by atoms with van der Waals surface area (Å²) < 4.78 is 0. The quantitative estimate of drug-likeness (QED) is 0.854. The molecule has 2 fully saturated rings. The molecular weight excluding hydrogens is 222 g/mol. The fourth-order valence-electron chi connectivity index (χ4n) is 3.90. The maximum atomic E-state index is 4.54. The first-order valence-corrected chi connectivity index (χ1v) is 7.17. The molecular formula is C15H23N3. The Hall–Kier alpha value is -1.25. The molecule has 0 spiro atoms. The summed E-state index contributed by atoms with van der Waals surface area (Å²) in [5.74, 6) is 4.76. The van der Waals surface area contributed by atoms with Crippen LogP contribution in [0, 0.1) is 17.8 Å². The van der Waals surface area contributed by atoms with Crippen molar-refractivity contribution in [1.29, 1.82) is 0 Å². The van der Waals surface area contributed by atoms with Crippen molar-refractivity contribution in [1.82, 2.24) is 4.98 Å². The summed E-state index contributed by atoms with van der Waals surface area (Å²) in [5.41, 5.74) is 0. The molecule has 0 saturated heterocycles. The van der Waals surface area contributed by atoms with Crippen LogP contribution in [0.1, 0.15) is 32.6 Å². The standard InChI is InChI=1S/C15H23N3/c1-10(13-9-11-6-7-12(13)8-11)17-15-5-3-4-14(16-2)18-15/h3-5,10-13H,6-9H2,1-2H3,(H2,16,17,18). The van der Waals surface area contributed by atoms with Crippen molar-refractivity contribution >= 4 is 11.6 Å². The van der Waals surface area contributed by atoms with Crippen LogP contribution < -0.4 is 10.6 Å². The summed E-state index contributed by atoms with van der Waals surface area (Å²) in [6.45, 7) is 2.32. The topological polar surface area (TPSA) is 37.0 Å². The summed E-state index contributed by atoms with van der Waals surface area (Å²) in [4.78, 5) is 4.54. The van der Waals surface area contributed by atoms with Gasteiger partial charge in [-0.15, -0.1) is 0 Å². The van der Waals surface area contributed by atoms with Gasteiger partial charge in [0.1, 0.15) is 11.6 Å². The van der Waals surface area contributed by atoms with Crippen LogP contribution in [0.25, 0.3) is 0 Å². The number of pyridine rings is 1. The second kappa shape index (κ2) is 4.79. The summed E-state index contributed by atoms with van der Waals surface area (Å²) in [6, 6.07) is 6.65.